The molecule has 1 aliphatic carbocycles. The van der Waals surface area contributed by atoms with Gasteiger partial charge in [-0.2, -0.15) is 0 Å². The Hall–Kier alpha value is -1.49. The third-order valence-corrected chi connectivity index (χ3v) is 3.15. The van der Waals surface area contributed by atoms with E-state index in [9.17, 15) is 18.7 Å². The highest BCUT2D eigenvalue weighted by Gasteiger charge is 2.30. The van der Waals surface area contributed by atoms with Gasteiger partial charge in [0.1, 0.15) is 17.2 Å². The number of rotatable bonds is 4. The van der Waals surface area contributed by atoms with Crippen LogP contribution in [0.5, 0.6) is 0 Å². The van der Waals surface area contributed by atoms with Gasteiger partial charge in [-0.1, -0.05) is 6.07 Å². The number of aliphatic hydroxyl groups excluding tert-OH is 1. The second-order valence-corrected chi connectivity index (χ2v) is 4.67. The summed E-state index contributed by atoms with van der Waals surface area (Å²) in [5.41, 5.74) is -0.373. The Kier molecular flexibility index (Phi) is 3.61. The SMILES string of the molecule is Cc1ccc(F)c(C(=O)NCC(O)C2CC2)c1F. The minimum atomic E-state index is -0.892. The predicted molar refractivity (Wildman–Crippen MR) is 62.2 cm³/mol. The molecule has 0 aromatic heterocycles. The van der Waals surface area contributed by atoms with Crippen molar-refractivity contribution in [2.75, 3.05) is 6.54 Å². The molecular formula is C13H15F2NO2. The Labute approximate surface area is 104 Å². The molecule has 5 heteroatoms. The van der Waals surface area contributed by atoms with Gasteiger partial charge in [0, 0.05) is 6.54 Å². The van der Waals surface area contributed by atoms with Crippen molar-refractivity contribution >= 4 is 5.91 Å². The van der Waals surface area contributed by atoms with Crippen LogP contribution >= 0.6 is 0 Å². The van der Waals surface area contributed by atoms with Gasteiger partial charge in [0.15, 0.2) is 0 Å². The molecule has 1 aromatic rings. The molecule has 1 unspecified atom stereocenters. The van der Waals surface area contributed by atoms with Crippen LogP contribution in [-0.2, 0) is 0 Å². The Bertz CT molecular complexity index is 472. The van der Waals surface area contributed by atoms with Crippen LogP contribution < -0.4 is 5.32 Å². The van der Waals surface area contributed by atoms with E-state index in [1.165, 1.54) is 13.0 Å². The first-order valence-corrected chi connectivity index (χ1v) is 5.91. The van der Waals surface area contributed by atoms with E-state index in [2.05, 4.69) is 5.32 Å². The molecule has 0 radical (unpaired) electrons. The van der Waals surface area contributed by atoms with Crippen molar-refractivity contribution in [3.63, 3.8) is 0 Å². The summed E-state index contributed by atoms with van der Waals surface area (Å²) in [7, 11) is 0. The van der Waals surface area contributed by atoms with Crippen molar-refractivity contribution in [3.05, 3.63) is 34.9 Å². The van der Waals surface area contributed by atoms with Crippen molar-refractivity contribution in [1.82, 2.24) is 5.32 Å². The number of carbonyl (C=O) groups is 1. The molecule has 1 amide bonds. The average Bonchev–Trinajstić information content (AvgIpc) is 3.15. The fourth-order valence-corrected chi connectivity index (χ4v) is 1.80. The normalized spacial score (nSPS) is 16.4. The van der Waals surface area contributed by atoms with Crippen LogP contribution in [0.4, 0.5) is 8.78 Å². The van der Waals surface area contributed by atoms with Crippen molar-refractivity contribution in [2.45, 2.75) is 25.9 Å². The molecular weight excluding hydrogens is 240 g/mol. The Balaban J connectivity index is 2.06. The van der Waals surface area contributed by atoms with E-state index in [0.717, 1.165) is 18.9 Å². The maximum Gasteiger partial charge on any atom is 0.257 e. The lowest BCUT2D eigenvalue weighted by Gasteiger charge is -2.12. The molecule has 1 aliphatic rings. The Morgan fingerprint density at radius 1 is 1.50 bits per heavy atom. The summed E-state index contributed by atoms with van der Waals surface area (Å²) >= 11 is 0. The Morgan fingerprint density at radius 3 is 2.78 bits per heavy atom. The first kappa shape index (κ1) is 13.0. The summed E-state index contributed by atoms with van der Waals surface area (Å²) < 4.78 is 27.1. The summed E-state index contributed by atoms with van der Waals surface area (Å²) in [6.45, 7) is 1.49. The molecule has 0 aliphatic heterocycles. The van der Waals surface area contributed by atoms with Gasteiger partial charge in [0.05, 0.1) is 6.10 Å². The third-order valence-electron chi connectivity index (χ3n) is 3.15. The Morgan fingerprint density at radius 2 is 2.17 bits per heavy atom. The highest BCUT2D eigenvalue weighted by atomic mass is 19.1. The standard InChI is InChI=1S/C13H15F2NO2/c1-7-2-5-9(14)11(12(7)15)13(18)16-6-10(17)8-3-4-8/h2,5,8,10,17H,3-4,6H2,1H3,(H,16,18). The number of benzene rings is 1. The van der Waals surface area contributed by atoms with Gasteiger partial charge in [-0.05, 0) is 37.3 Å². The minimum absolute atomic E-state index is 0.0241. The summed E-state index contributed by atoms with van der Waals surface area (Å²) in [6.07, 6.45) is 1.24. The van der Waals surface area contributed by atoms with Crippen molar-refractivity contribution in [3.8, 4) is 0 Å². The van der Waals surface area contributed by atoms with Gasteiger partial charge in [0.2, 0.25) is 0 Å². The highest BCUT2D eigenvalue weighted by Crippen LogP contribution is 2.32. The molecule has 1 saturated carbocycles. The molecule has 0 bridgehead atoms. The molecule has 2 rings (SSSR count). The second kappa shape index (κ2) is 5.02. The minimum Gasteiger partial charge on any atom is -0.391 e. The number of hydrogen-bond donors (Lipinski definition) is 2. The zero-order valence-electron chi connectivity index (χ0n) is 10.0. The summed E-state index contributed by atoms with van der Waals surface area (Å²) in [5.74, 6) is -2.36. The van der Waals surface area contributed by atoms with Crippen LogP contribution in [0.1, 0.15) is 28.8 Å². The first-order valence-electron chi connectivity index (χ1n) is 5.91. The third kappa shape index (κ3) is 2.67. The van der Waals surface area contributed by atoms with Crippen molar-refractivity contribution < 1.29 is 18.7 Å². The van der Waals surface area contributed by atoms with Gasteiger partial charge in [-0.15, -0.1) is 0 Å². The van der Waals surface area contributed by atoms with Crippen molar-refractivity contribution in [1.29, 1.82) is 0 Å². The molecule has 1 atom stereocenters. The van der Waals surface area contributed by atoms with Crippen LogP contribution in [0, 0.1) is 24.5 Å². The molecule has 2 N–H and O–H groups in total. The summed E-state index contributed by atoms with van der Waals surface area (Å²) in [5, 5.41) is 11.9. The molecule has 1 fully saturated rings. The number of hydrogen-bond acceptors (Lipinski definition) is 2. The van der Waals surface area contributed by atoms with Gasteiger partial charge in [0.25, 0.3) is 5.91 Å². The fraction of sp³-hybridized carbons (Fsp3) is 0.462. The van der Waals surface area contributed by atoms with E-state index < -0.39 is 29.2 Å². The lowest BCUT2D eigenvalue weighted by atomic mass is 10.1. The maximum absolute atomic E-state index is 13.6. The van der Waals surface area contributed by atoms with Crippen LogP contribution in [0.15, 0.2) is 12.1 Å². The monoisotopic (exact) mass is 255 g/mol. The number of halogens is 2. The molecule has 18 heavy (non-hydrogen) atoms. The van der Waals surface area contributed by atoms with E-state index in [4.69, 9.17) is 0 Å². The van der Waals surface area contributed by atoms with Gasteiger partial charge in [-0.3, -0.25) is 4.79 Å². The number of nitrogens with one attached hydrogen (secondary N) is 1. The lowest BCUT2D eigenvalue weighted by molar-refractivity contribution is 0.0892. The zero-order chi connectivity index (χ0) is 13.3. The largest absolute Gasteiger partial charge is 0.391 e. The van der Waals surface area contributed by atoms with E-state index in [1.807, 2.05) is 0 Å². The second-order valence-electron chi connectivity index (χ2n) is 4.67. The molecule has 1 aromatic carbocycles. The lowest BCUT2D eigenvalue weighted by Crippen LogP contribution is -2.34. The van der Waals surface area contributed by atoms with Crippen LogP contribution in [0.2, 0.25) is 0 Å². The zero-order valence-corrected chi connectivity index (χ0v) is 10.0. The maximum atomic E-state index is 13.6. The predicted octanol–water partition coefficient (Wildman–Crippen LogP) is 1.77. The van der Waals surface area contributed by atoms with Gasteiger partial charge < -0.3 is 10.4 Å². The number of aliphatic hydroxyl groups is 1. The van der Waals surface area contributed by atoms with E-state index >= 15 is 0 Å². The van der Waals surface area contributed by atoms with Gasteiger partial charge >= 0.3 is 0 Å². The molecule has 3 nitrogen and oxygen atoms in total. The summed E-state index contributed by atoms with van der Waals surface area (Å²) in [6, 6.07) is 2.34. The van der Waals surface area contributed by atoms with Crippen LogP contribution in [0.3, 0.4) is 0 Å². The van der Waals surface area contributed by atoms with Crippen LogP contribution in [-0.4, -0.2) is 23.7 Å². The molecule has 0 spiro atoms. The first-order chi connectivity index (χ1) is 8.50. The van der Waals surface area contributed by atoms with E-state index in [0.29, 0.717) is 0 Å². The highest BCUT2D eigenvalue weighted by molar-refractivity contribution is 5.95. The van der Waals surface area contributed by atoms with Crippen molar-refractivity contribution in [2.24, 2.45) is 5.92 Å². The molecule has 98 valence electrons. The molecule has 0 heterocycles. The topological polar surface area (TPSA) is 49.3 Å². The smallest absolute Gasteiger partial charge is 0.257 e. The number of amides is 1. The van der Waals surface area contributed by atoms with E-state index in [-0.39, 0.29) is 18.0 Å². The van der Waals surface area contributed by atoms with Crippen LogP contribution in [0.25, 0.3) is 0 Å². The van der Waals surface area contributed by atoms with Gasteiger partial charge in [-0.25, -0.2) is 8.78 Å². The van der Waals surface area contributed by atoms with E-state index in [1.54, 1.807) is 0 Å². The summed E-state index contributed by atoms with van der Waals surface area (Å²) in [4.78, 5) is 11.7. The molecule has 0 saturated heterocycles. The fourth-order valence-electron chi connectivity index (χ4n) is 1.80. The quantitative estimate of drug-likeness (QED) is 0.861. The average molecular weight is 255 g/mol. The number of aryl methyl sites for hydroxylation is 1. The number of carbonyl (C=O) groups excluding carboxylic acids is 1.